The second kappa shape index (κ2) is 11.2. The highest BCUT2D eigenvalue weighted by Crippen LogP contribution is 2.36. The molecule has 3 atom stereocenters. The number of pyridine rings is 1. The molecule has 10 heteroatoms. The number of fused-ring (bicyclic) bond motifs is 1. The van der Waals surface area contributed by atoms with Crippen LogP contribution in [0.15, 0.2) is 47.6 Å². The number of carbonyl (C=O) groups excluding carboxylic acids is 1. The minimum Gasteiger partial charge on any atom is -0.487 e. The van der Waals surface area contributed by atoms with Gasteiger partial charge >= 0.3 is 6.03 Å². The molecule has 2 heterocycles. The summed E-state index contributed by atoms with van der Waals surface area (Å²) in [7, 11) is -2.23. The Morgan fingerprint density at radius 2 is 2.12 bits per heavy atom. The van der Waals surface area contributed by atoms with Gasteiger partial charge in [0.05, 0.1) is 13.2 Å². The third kappa shape index (κ3) is 5.68. The van der Waals surface area contributed by atoms with Gasteiger partial charge in [0.1, 0.15) is 16.7 Å². The van der Waals surface area contributed by atoms with Crippen LogP contribution in [0.4, 0.5) is 4.79 Å². The number of benzene rings is 1. The normalized spacial score (nSPS) is 20.9. The molecule has 186 valence electrons. The summed E-state index contributed by atoms with van der Waals surface area (Å²) in [4.78, 5) is 18.2. The summed E-state index contributed by atoms with van der Waals surface area (Å²) in [5.74, 6) is -0.0317. The molecular weight excluding hydrogens is 456 g/mol. The van der Waals surface area contributed by atoms with Crippen molar-refractivity contribution in [2.45, 2.75) is 44.2 Å². The molecule has 0 radical (unpaired) electrons. The monoisotopic (exact) mass is 490 g/mol. The predicted octanol–water partition coefficient (Wildman–Crippen LogP) is 2.57. The van der Waals surface area contributed by atoms with Gasteiger partial charge in [-0.3, -0.25) is 4.98 Å². The first kappa shape index (κ1) is 25.9. The van der Waals surface area contributed by atoms with Crippen molar-refractivity contribution in [1.29, 1.82) is 0 Å². The van der Waals surface area contributed by atoms with Crippen LogP contribution in [-0.4, -0.2) is 79.2 Å². The van der Waals surface area contributed by atoms with Gasteiger partial charge in [0.15, 0.2) is 0 Å². The molecule has 2 amide bonds. The molecule has 2 N–H and O–H groups in total. The van der Waals surface area contributed by atoms with Crippen LogP contribution >= 0.6 is 0 Å². The number of likely N-dealkylation sites (N-methyl/N-ethyl adjacent to an activating group) is 1. The molecule has 0 aliphatic carbocycles. The predicted molar refractivity (Wildman–Crippen MR) is 130 cm³/mol. The number of hydrogen-bond acceptors (Lipinski definition) is 6. The minimum atomic E-state index is -3.93. The van der Waals surface area contributed by atoms with E-state index >= 15 is 0 Å². The molecule has 0 spiro atoms. The number of ether oxygens (including phenoxy) is 1. The Balaban J connectivity index is 2.04. The Kier molecular flexibility index (Phi) is 8.51. The summed E-state index contributed by atoms with van der Waals surface area (Å²) in [5.41, 5.74) is 1.60. The SMILES string of the molecule is CCCNC(=O)N(C)C[C@@H]1Oc2cc(-c3cccnc3)ccc2S(=O)(=O)N([C@H](C)CO)C[C@@H]1C. The zero-order valence-corrected chi connectivity index (χ0v) is 21.0. The smallest absolute Gasteiger partial charge is 0.317 e. The fraction of sp³-hybridized carbons (Fsp3) is 0.500. The number of nitrogens with zero attached hydrogens (tertiary/aromatic N) is 3. The van der Waals surface area contributed by atoms with Crippen LogP contribution in [0.2, 0.25) is 0 Å². The molecule has 9 nitrogen and oxygen atoms in total. The maximum Gasteiger partial charge on any atom is 0.317 e. The lowest BCUT2D eigenvalue weighted by atomic mass is 10.0. The fourth-order valence-electron chi connectivity index (χ4n) is 3.88. The summed E-state index contributed by atoms with van der Waals surface area (Å²) in [5, 5.41) is 12.6. The molecule has 0 unspecified atom stereocenters. The zero-order valence-electron chi connectivity index (χ0n) is 20.1. The highest BCUT2D eigenvalue weighted by molar-refractivity contribution is 7.89. The van der Waals surface area contributed by atoms with Crippen molar-refractivity contribution >= 4 is 16.1 Å². The molecule has 1 aromatic heterocycles. The Morgan fingerprint density at radius 1 is 1.35 bits per heavy atom. The number of nitrogens with one attached hydrogen (secondary N) is 1. The third-order valence-electron chi connectivity index (χ3n) is 5.99. The van der Waals surface area contributed by atoms with Crippen molar-refractivity contribution < 1.29 is 23.1 Å². The number of aliphatic hydroxyl groups is 1. The average Bonchev–Trinajstić information content (AvgIpc) is 2.84. The van der Waals surface area contributed by atoms with Gasteiger partial charge in [-0.1, -0.05) is 26.0 Å². The molecule has 1 aliphatic heterocycles. The first-order chi connectivity index (χ1) is 16.2. The molecule has 34 heavy (non-hydrogen) atoms. The van der Waals surface area contributed by atoms with E-state index in [0.717, 1.165) is 17.5 Å². The van der Waals surface area contributed by atoms with Crippen molar-refractivity contribution in [2.24, 2.45) is 5.92 Å². The molecule has 1 aromatic carbocycles. The van der Waals surface area contributed by atoms with Crippen LogP contribution in [-0.2, 0) is 10.0 Å². The number of urea groups is 1. The van der Waals surface area contributed by atoms with E-state index in [-0.39, 0.29) is 42.3 Å². The van der Waals surface area contributed by atoms with Crippen molar-refractivity contribution in [3.8, 4) is 16.9 Å². The van der Waals surface area contributed by atoms with Gasteiger partial charge in [-0.25, -0.2) is 13.2 Å². The lowest BCUT2D eigenvalue weighted by molar-refractivity contribution is 0.0813. The van der Waals surface area contributed by atoms with E-state index in [9.17, 15) is 18.3 Å². The number of aromatic nitrogens is 1. The van der Waals surface area contributed by atoms with Gasteiger partial charge in [0, 0.05) is 50.1 Å². The van der Waals surface area contributed by atoms with E-state index in [1.165, 1.54) is 10.4 Å². The van der Waals surface area contributed by atoms with Gasteiger partial charge in [0.25, 0.3) is 0 Å². The second-order valence-electron chi connectivity index (χ2n) is 8.76. The van der Waals surface area contributed by atoms with E-state index in [2.05, 4.69) is 10.3 Å². The number of sulfonamides is 1. The van der Waals surface area contributed by atoms with Crippen molar-refractivity contribution in [3.05, 3.63) is 42.7 Å². The van der Waals surface area contributed by atoms with Gasteiger partial charge in [-0.15, -0.1) is 0 Å². The molecule has 2 aromatic rings. The number of rotatable bonds is 7. The van der Waals surface area contributed by atoms with E-state index in [1.54, 1.807) is 43.4 Å². The van der Waals surface area contributed by atoms with Crippen LogP contribution in [0.5, 0.6) is 5.75 Å². The van der Waals surface area contributed by atoms with Gasteiger partial charge in [-0.05, 0) is 37.1 Å². The number of aliphatic hydroxyl groups excluding tert-OH is 1. The maximum absolute atomic E-state index is 13.6. The van der Waals surface area contributed by atoms with Crippen LogP contribution < -0.4 is 10.1 Å². The van der Waals surface area contributed by atoms with Crippen molar-refractivity contribution in [2.75, 3.05) is 33.3 Å². The van der Waals surface area contributed by atoms with Crippen molar-refractivity contribution in [1.82, 2.24) is 19.5 Å². The van der Waals surface area contributed by atoms with Crippen LogP contribution in [0, 0.1) is 5.92 Å². The lowest BCUT2D eigenvalue weighted by Gasteiger charge is -2.37. The number of hydrogen-bond donors (Lipinski definition) is 2. The molecule has 0 saturated heterocycles. The second-order valence-corrected chi connectivity index (χ2v) is 10.6. The summed E-state index contributed by atoms with van der Waals surface area (Å²) >= 11 is 0. The summed E-state index contributed by atoms with van der Waals surface area (Å²) in [6.45, 7) is 6.24. The Bertz CT molecular complexity index is 1080. The topological polar surface area (TPSA) is 112 Å². The quantitative estimate of drug-likeness (QED) is 0.617. The maximum atomic E-state index is 13.6. The number of amides is 2. The van der Waals surface area contributed by atoms with Crippen LogP contribution in [0.1, 0.15) is 27.2 Å². The summed E-state index contributed by atoms with van der Waals surface area (Å²) in [6, 6.07) is 7.84. The van der Waals surface area contributed by atoms with E-state index in [4.69, 9.17) is 4.74 Å². The molecular formula is C24H34N4O5S. The largest absolute Gasteiger partial charge is 0.487 e. The van der Waals surface area contributed by atoms with Gasteiger partial charge in [-0.2, -0.15) is 4.31 Å². The molecule has 3 rings (SSSR count). The lowest BCUT2D eigenvalue weighted by Crippen LogP contribution is -2.51. The van der Waals surface area contributed by atoms with E-state index < -0.39 is 22.2 Å². The first-order valence-corrected chi connectivity index (χ1v) is 13.0. The van der Waals surface area contributed by atoms with E-state index in [1.807, 2.05) is 26.0 Å². The standard InChI is InChI=1S/C24H34N4O5S/c1-5-10-26-24(30)27(4)15-22-17(2)14-28(18(3)16-29)34(31,32)23-9-8-19(12-21(23)33-22)20-7-6-11-25-13-20/h6-9,11-13,17-18,22,29H,5,10,14-16H2,1-4H3,(H,26,30)/t17-,18+,22-/m0/s1. The zero-order chi connectivity index (χ0) is 24.9. The van der Waals surface area contributed by atoms with Gasteiger partial charge < -0.3 is 20.1 Å². The Labute approximate surface area is 201 Å². The molecule has 1 aliphatic rings. The van der Waals surface area contributed by atoms with E-state index in [0.29, 0.717) is 6.54 Å². The Morgan fingerprint density at radius 3 is 2.76 bits per heavy atom. The molecule has 0 fully saturated rings. The summed E-state index contributed by atoms with van der Waals surface area (Å²) < 4.78 is 34.8. The van der Waals surface area contributed by atoms with Crippen LogP contribution in [0.25, 0.3) is 11.1 Å². The highest BCUT2D eigenvalue weighted by atomic mass is 32.2. The third-order valence-corrected chi connectivity index (χ3v) is 8.01. The molecule has 0 saturated carbocycles. The van der Waals surface area contributed by atoms with Gasteiger partial charge in [0.2, 0.25) is 10.0 Å². The number of carbonyl (C=O) groups is 1. The average molecular weight is 491 g/mol. The van der Waals surface area contributed by atoms with Crippen molar-refractivity contribution in [3.63, 3.8) is 0 Å². The Hall–Kier alpha value is -2.69. The molecule has 0 bridgehead atoms. The first-order valence-electron chi connectivity index (χ1n) is 11.5. The minimum absolute atomic E-state index is 0.0374. The summed E-state index contributed by atoms with van der Waals surface area (Å²) in [6.07, 6.45) is 3.73. The fourth-order valence-corrected chi connectivity index (χ4v) is 5.70. The van der Waals surface area contributed by atoms with Crippen LogP contribution in [0.3, 0.4) is 0 Å². The highest BCUT2D eigenvalue weighted by Gasteiger charge is 2.38.